The van der Waals surface area contributed by atoms with Crippen molar-refractivity contribution in [2.24, 2.45) is 11.7 Å². The highest BCUT2D eigenvalue weighted by atomic mass is 15.0. The molecule has 0 spiro atoms. The van der Waals surface area contributed by atoms with E-state index in [4.69, 9.17) is 5.73 Å². The molecule has 2 aromatic carbocycles. The number of hydrogen-bond acceptors (Lipinski definition) is 2. The zero-order valence-electron chi connectivity index (χ0n) is 14.5. The second-order valence-electron chi connectivity index (χ2n) is 7.16. The van der Waals surface area contributed by atoms with Crippen LogP contribution in [-0.2, 0) is 5.41 Å². The maximum Gasteiger partial charge on any atom is 0.00962 e. The molecule has 0 unspecified atom stereocenters. The number of fused-ring (bicyclic) bond motifs is 1. The summed E-state index contributed by atoms with van der Waals surface area (Å²) in [6, 6.07) is 15.3. The van der Waals surface area contributed by atoms with Crippen LogP contribution in [0.1, 0.15) is 32.3 Å². The highest BCUT2D eigenvalue weighted by Crippen LogP contribution is 2.38. The van der Waals surface area contributed by atoms with Gasteiger partial charge in [-0.1, -0.05) is 56.3 Å². The Labute approximate surface area is 135 Å². The topological polar surface area (TPSA) is 29.3 Å². The molecule has 0 aliphatic carbocycles. The van der Waals surface area contributed by atoms with Crippen molar-refractivity contribution >= 4 is 10.8 Å². The second kappa shape index (κ2) is 7.26. The third-order valence-corrected chi connectivity index (χ3v) is 4.59. The number of nitrogens with two attached hydrogens (primary N) is 1. The quantitative estimate of drug-likeness (QED) is 0.836. The Bertz CT molecular complexity index is 598. The number of rotatable bonds is 7. The average molecular weight is 298 g/mol. The molecule has 2 N–H and O–H groups in total. The molecule has 0 amide bonds. The van der Waals surface area contributed by atoms with Crippen molar-refractivity contribution in [1.29, 1.82) is 0 Å². The lowest BCUT2D eigenvalue weighted by Gasteiger charge is -2.37. The predicted octanol–water partition coefficient (Wildman–Crippen LogP) is 4.03. The maximum atomic E-state index is 6.35. The van der Waals surface area contributed by atoms with Crippen LogP contribution in [0.5, 0.6) is 0 Å². The Morgan fingerprint density at radius 2 is 1.73 bits per heavy atom. The lowest BCUT2D eigenvalue weighted by Crippen LogP contribution is -2.39. The molecule has 0 saturated carbocycles. The van der Waals surface area contributed by atoms with E-state index in [1.54, 1.807) is 0 Å². The molecule has 2 rings (SSSR count). The second-order valence-corrected chi connectivity index (χ2v) is 7.16. The summed E-state index contributed by atoms with van der Waals surface area (Å²) in [5.74, 6) is 0.629. The summed E-state index contributed by atoms with van der Waals surface area (Å²) in [4.78, 5) is 2.26. The van der Waals surface area contributed by atoms with Crippen molar-refractivity contribution in [2.45, 2.75) is 32.1 Å². The van der Waals surface area contributed by atoms with Crippen LogP contribution in [0.3, 0.4) is 0 Å². The molecule has 0 aliphatic heterocycles. The smallest absolute Gasteiger partial charge is 0.00962 e. The SMILES string of the molecule is CC(C)C[C@](CN)(CCN(C)C)c1cccc2ccccc12. The minimum atomic E-state index is 0.0549. The average Bonchev–Trinajstić information content (AvgIpc) is 2.50. The molecule has 0 bridgehead atoms. The fourth-order valence-electron chi connectivity index (χ4n) is 3.55. The summed E-state index contributed by atoms with van der Waals surface area (Å²) >= 11 is 0. The third-order valence-electron chi connectivity index (χ3n) is 4.59. The van der Waals surface area contributed by atoms with E-state index in [0.29, 0.717) is 12.5 Å². The zero-order valence-corrected chi connectivity index (χ0v) is 14.5. The third kappa shape index (κ3) is 3.68. The van der Waals surface area contributed by atoms with Crippen LogP contribution in [0, 0.1) is 5.92 Å². The number of benzene rings is 2. The van der Waals surface area contributed by atoms with E-state index < -0.39 is 0 Å². The van der Waals surface area contributed by atoms with Gasteiger partial charge in [0.05, 0.1) is 0 Å². The van der Waals surface area contributed by atoms with E-state index in [-0.39, 0.29) is 5.41 Å². The minimum absolute atomic E-state index is 0.0549. The van der Waals surface area contributed by atoms with Crippen molar-refractivity contribution < 1.29 is 0 Å². The maximum absolute atomic E-state index is 6.35. The Kier molecular flexibility index (Phi) is 5.60. The van der Waals surface area contributed by atoms with Gasteiger partial charge in [0.2, 0.25) is 0 Å². The Morgan fingerprint density at radius 3 is 2.36 bits per heavy atom. The molecule has 2 aromatic rings. The molecule has 2 heteroatoms. The van der Waals surface area contributed by atoms with Gasteiger partial charge in [-0.3, -0.25) is 0 Å². The molecular weight excluding hydrogens is 268 g/mol. The molecule has 2 nitrogen and oxygen atoms in total. The lowest BCUT2D eigenvalue weighted by atomic mass is 9.70. The Hall–Kier alpha value is -1.38. The van der Waals surface area contributed by atoms with Gasteiger partial charge in [0.25, 0.3) is 0 Å². The monoisotopic (exact) mass is 298 g/mol. The first-order valence-electron chi connectivity index (χ1n) is 8.31. The number of nitrogens with zero attached hydrogens (tertiary/aromatic N) is 1. The molecule has 0 saturated heterocycles. The summed E-state index contributed by atoms with van der Waals surface area (Å²) in [5.41, 5.74) is 7.82. The summed E-state index contributed by atoms with van der Waals surface area (Å²) in [7, 11) is 4.28. The van der Waals surface area contributed by atoms with Gasteiger partial charge in [-0.15, -0.1) is 0 Å². The first-order valence-corrected chi connectivity index (χ1v) is 8.31. The molecule has 0 heterocycles. The van der Waals surface area contributed by atoms with Crippen molar-refractivity contribution in [3.63, 3.8) is 0 Å². The van der Waals surface area contributed by atoms with E-state index in [1.807, 2.05) is 0 Å². The molecule has 0 fully saturated rings. The van der Waals surface area contributed by atoms with E-state index in [9.17, 15) is 0 Å². The van der Waals surface area contributed by atoms with Crippen LogP contribution in [-0.4, -0.2) is 32.1 Å². The van der Waals surface area contributed by atoms with Crippen molar-refractivity contribution in [3.05, 3.63) is 48.0 Å². The number of hydrogen-bond donors (Lipinski definition) is 1. The van der Waals surface area contributed by atoms with Crippen LogP contribution in [0.2, 0.25) is 0 Å². The fourth-order valence-corrected chi connectivity index (χ4v) is 3.55. The first kappa shape index (κ1) is 17.0. The molecule has 22 heavy (non-hydrogen) atoms. The van der Waals surface area contributed by atoms with Crippen LogP contribution in [0.15, 0.2) is 42.5 Å². The first-order chi connectivity index (χ1) is 10.5. The highest BCUT2D eigenvalue weighted by Gasteiger charge is 2.32. The van der Waals surface area contributed by atoms with Gasteiger partial charge in [0.1, 0.15) is 0 Å². The van der Waals surface area contributed by atoms with Crippen molar-refractivity contribution in [1.82, 2.24) is 4.90 Å². The minimum Gasteiger partial charge on any atom is -0.330 e. The fraction of sp³-hybridized carbons (Fsp3) is 0.500. The molecular formula is C20H30N2. The Balaban J connectivity index is 2.54. The van der Waals surface area contributed by atoms with Crippen LogP contribution in [0.4, 0.5) is 0 Å². The summed E-state index contributed by atoms with van der Waals surface area (Å²) < 4.78 is 0. The van der Waals surface area contributed by atoms with Crippen LogP contribution in [0.25, 0.3) is 10.8 Å². The van der Waals surface area contributed by atoms with Gasteiger partial charge in [0, 0.05) is 12.0 Å². The van der Waals surface area contributed by atoms with Crippen molar-refractivity contribution in [2.75, 3.05) is 27.2 Å². The van der Waals surface area contributed by atoms with Gasteiger partial charge in [-0.25, -0.2) is 0 Å². The zero-order chi connectivity index (χ0) is 16.2. The normalized spacial score (nSPS) is 14.7. The standard InChI is InChI=1S/C20H30N2/c1-16(2)14-20(15-21,12-13-22(3)4)19-11-7-9-17-8-5-6-10-18(17)19/h5-11,16H,12-15,21H2,1-4H3/t20-/m0/s1. The van der Waals surface area contributed by atoms with E-state index in [0.717, 1.165) is 19.4 Å². The Morgan fingerprint density at radius 1 is 1.05 bits per heavy atom. The lowest BCUT2D eigenvalue weighted by molar-refractivity contribution is 0.278. The highest BCUT2D eigenvalue weighted by molar-refractivity contribution is 5.86. The summed E-state index contributed by atoms with van der Waals surface area (Å²) in [6.45, 7) is 6.36. The molecule has 0 aliphatic rings. The van der Waals surface area contributed by atoms with Crippen molar-refractivity contribution in [3.8, 4) is 0 Å². The molecule has 0 aromatic heterocycles. The summed E-state index contributed by atoms with van der Waals surface area (Å²) in [5, 5.41) is 2.67. The van der Waals surface area contributed by atoms with Gasteiger partial charge < -0.3 is 10.6 Å². The largest absolute Gasteiger partial charge is 0.330 e. The van der Waals surface area contributed by atoms with Gasteiger partial charge >= 0.3 is 0 Å². The van der Waals surface area contributed by atoms with E-state index in [2.05, 4.69) is 75.3 Å². The molecule has 120 valence electrons. The van der Waals surface area contributed by atoms with E-state index >= 15 is 0 Å². The molecule has 0 radical (unpaired) electrons. The van der Waals surface area contributed by atoms with Crippen LogP contribution < -0.4 is 5.73 Å². The summed E-state index contributed by atoms with van der Waals surface area (Å²) in [6.07, 6.45) is 2.23. The van der Waals surface area contributed by atoms with Gasteiger partial charge in [0.15, 0.2) is 0 Å². The van der Waals surface area contributed by atoms with E-state index in [1.165, 1.54) is 16.3 Å². The van der Waals surface area contributed by atoms with Gasteiger partial charge in [-0.2, -0.15) is 0 Å². The predicted molar refractivity (Wildman–Crippen MR) is 97.3 cm³/mol. The molecule has 1 atom stereocenters. The van der Waals surface area contributed by atoms with Gasteiger partial charge in [-0.05, 0) is 55.7 Å². The van der Waals surface area contributed by atoms with Crippen LogP contribution >= 0.6 is 0 Å².